The molecule has 0 spiro atoms. The first kappa shape index (κ1) is 12.6. The smallest absolute Gasteiger partial charge is 0.179 e. The lowest BCUT2D eigenvalue weighted by molar-refractivity contribution is 0.0992. The van der Waals surface area contributed by atoms with E-state index < -0.39 is 0 Å². The Morgan fingerprint density at radius 3 is 2.80 bits per heavy atom. The molecule has 0 aliphatic heterocycles. The number of rotatable bonds is 4. The number of hydrogen-bond donors (Lipinski definition) is 1. The third-order valence-corrected chi connectivity index (χ3v) is 2.59. The average Bonchev–Trinajstić information content (AvgIpc) is 2.17. The first-order valence-corrected chi connectivity index (χ1v) is 6.06. The van der Waals surface area contributed by atoms with Crippen molar-refractivity contribution >= 4 is 34.3 Å². The van der Waals surface area contributed by atoms with Gasteiger partial charge in [0.2, 0.25) is 0 Å². The summed E-state index contributed by atoms with van der Waals surface area (Å²) in [4.78, 5) is 12.4. The number of alkyl halides is 1. The molecule has 1 aromatic rings. The topological polar surface area (TPSA) is 26.3 Å². The predicted molar refractivity (Wildman–Crippen MR) is 67.6 cm³/mol. The Labute approximate surface area is 104 Å². The number of thiol groups is 1. The second-order valence-corrected chi connectivity index (χ2v) is 4.98. The Kier molecular flexibility index (Phi) is 4.67. The van der Waals surface area contributed by atoms with Gasteiger partial charge in [-0.25, -0.2) is 0 Å². The predicted octanol–water partition coefficient (Wildman–Crippen LogP) is 3.34. The Morgan fingerprint density at radius 2 is 2.27 bits per heavy atom. The minimum absolute atomic E-state index is 0.0202. The maximum absolute atomic E-state index is 11.8. The highest BCUT2D eigenvalue weighted by molar-refractivity contribution is 9.10. The van der Waals surface area contributed by atoms with E-state index in [0.717, 1.165) is 4.90 Å². The second kappa shape index (κ2) is 5.56. The number of halogens is 1. The van der Waals surface area contributed by atoms with Gasteiger partial charge in [0.1, 0.15) is 5.75 Å². The maximum atomic E-state index is 11.8. The summed E-state index contributed by atoms with van der Waals surface area (Å²) in [5.41, 5.74) is 0.596. The molecule has 2 nitrogen and oxygen atoms in total. The molecule has 0 aromatic heterocycles. The molecule has 0 saturated carbocycles. The van der Waals surface area contributed by atoms with E-state index in [1.165, 1.54) is 0 Å². The van der Waals surface area contributed by atoms with Crippen molar-refractivity contribution in [2.24, 2.45) is 0 Å². The largest absolute Gasteiger partial charge is 0.493 e. The van der Waals surface area contributed by atoms with Crippen LogP contribution in [0.2, 0.25) is 0 Å². The Hall–Kier alpha value is -0.480. The summed E-state index contributed by atoms with van der Waals surface area (Å²) in [5, 5.41) is 0. The summed E-state index contributed by atoms with van der Waals surface area (Å²) < 4.78 is 5.40. The monoisotopic (exact) mass is 288 g/mol. The molecule has 1 rings (SSSR count). The normalized spacial score (nSPS) is 12.3. The van der Waals surface area contributed by atoms with Crippen LogP contribution in [0.4, 0.5) is 0 Å². The highest BCUT2D eigenvalue weighted by Crippen LogP contribution is 2.25. The fourth-order valence-corrected chi connectivity index (χ4v) is 1.64. The fraction of sp³-hybridized carbons (Fsp3) is 0.364. The lowest BCUT2D eigenvalue weighted by Crippen LogP contribution is -2.12. The zero-order valence-electron chi connectivity index (χ0n) is 8.66. The summed E-state index contributed by atoms with van der Waals surface area (Å²) in [7, 11) is 0. The molecule has 15 heavy (non-hydrogen) atoms. The quantitative estimate of drug-likeness (QED) is 0.523. The van der Waals surface area contributed by atoms with Crippen LogP contribution in [-0.4, -0.2) is 17.2 Å². The molecular weight excluding hydrogens is 276 g/mol. The van der Waals surface area contributed by atoms with Crippen LogP contribution in [0.3, 0.4) is 0 Å². The molecule has 82 valence electrons. The van der Waals surface area contributed by atoms with Gasteiger partial charge in [0.05, 0.1) is 17.0 Å². The van der Waals surface area contributed by atoms with E-state index >= 15 is 0 Å². The molecule has 0 N–H and O–H groups in total. The maximum Gasteiger partial charge on any atom is 0.179 e. The number of hydrogen-bond acceptors (Lipinski definition) is 3. The summed E-state index contributed by atoms with van der Waals surface area (Å²) in [6.07, 6.45) is 0. The van der Waals surface area contributed by atoms with Gasteiger partial charge in [0.15, 0.2) is 5.78 Å². The number of ketones is 1. The lowest BCUT2D eigenvalue weighted by atomic mass is 10.1. The van der Waals surface area contributed by atoms with Crippen molar-refractivity contribution in [2.45, 2.75) is 23.6 Å². The zero-order valence-corrected chi connectivity index (χ0v) is 11.1. The van der Waals surface area contributed by atoms with Gasteiger partial charge < -0.3 is 4.74 Å². The van der Waals surface area contributed by atoms with Crippen molar-refractivity contribution in [2.75, 3.05) is 6.61 Å². The zero-order chi connectivity index (χ0) is 11.4. The van der Waals surface area contributed by atoms with Gasteiger partial charge in [0.25, 0.3) is 0 Å². The van der Waals surface area contributed by atoms with E-state index in [0.29, 0.717) is 17.9 Å². The van der Waals surface area contributed by atoms with E-state index in [1.807, 2.05) is 6.92 Å². The Bertz CT molecular complexity index is 364. The molecule has 0 heterocycles. The third kappa shape index (κ3) is 3.24. The molecule has 1 aromatic carbocycles. The first-order valence-electron chi connectivity index (χ1n) is 4.70. The number of benzene rings is 1. The first-order chi connectivity index (χ1) is 7.06. The highest BCUT2D eigenvalue weighted by atomic mass is 79.9. The summed E-state index contributed by atoms with van der Waals surface area (Å²) in [6.45, 7) is 4.22. The fourth-order valence-electron chi connectivity index (χ4n) is 1.20. The highest BCUT2D eigenvalue weighted by Gasteiger charge is 2.16. The van der Waals surface area contributed by atoms with Crippen LogP contribution < -0.4 is 4.74 Å². The third-order valence-electron chi connectivity index (χ3n) is 1.89. The molecule has 1 unspecified atom stereocenters. The van der Waals surface area contributed by atoms with Crippen LogP contribution in [-0.2, 0) is 0 Å². The van der Waals surface area contributed by atoms with Gasteiger partial charge >= 0.3 is 0 Å². The number of carbonyl (C=O) groups excluding carboxylic acids is 1. The van der Waals surface area contributed by atoms with Gasteiger partial charge in [-0.2, -0.15) is 0 Å². The number of Topliss-reactive ketones (excluding diaryl/α,β-unsaturated/α-hetero) is 1. The second-order valence-electron chi connectivity index (χ2n) is 3.09. The minimum Gasteiger partial charge on any atom is -0.493 e. The molecule has 0 aliphatic rings. The van der Waals surface area contributed by atoms with Crippen LogP contribution in [0.25, 0.3) is 0 Å². The van der Waals surface area contributed by atoms with E-state index in [1.54, 1.807) is 25.1 Å². The van der Waals surface area contributed by atoms with E-state index in [4.69, 9.17) is 4.74 Å². The van der Waals surface area contributed by atoms with Gasteiger partial charge in [-0.1, -0.05) is 15.9 Å². The van der Waals surface area contributed by atoms with Crippen molar-refractivity contribution in [3.8, 4) is 5.75 Å². The van der Waals surface area contributed by atoms with Gasteiger partial charge in [0, 0.05) is 4.90 Å². The molecule has 0 aliphatic carbocycles. The minimum atomic E-state index is -0.206. The standard InChI is InChI=1S/C11H13BrO2S/c1-3-14-10-6-8(15)4-5-9(10)11(13)7(2)12/h4-7,15H,3H2,1-2H3. The van der Waals surface area contributed by atoms with E-state index in [-0.39, 0.29) is 10.6 Å². The van der Waals surface area contributed by atoms with Gasteiger partial charge in [-0.3, -0.25) is 4.79 Å². The van der Waals surface area contributed by atoms with Crippen molar-refractivity contribution in [3.63, 3.8) is 0 Å². The molecule has 4 heteroatoms. The van der Waals surface area contributed by atoms with E-state index in [2.05, 4.69) is 28.6 Å². The van der Waals surface area contributed by atoms with E-state index in [9.17, 15) is 4.79 Å². The van der Waals surface area contributed by atoms with Crippen LogP contribution in [0.1, 0.15) is 24.2 Å². The summed E-state index contributed by atoms with van der Waals surface area (Å²) >= 11 is 7.47. The van der Waals surface area contributed by atoms with Crippen molar-refractivity contribution in [1.82, 2.24) is 0 Å². The average molecular weight is 289 g/mol. The van der Waals surface area contributed by atoms with Crippen molar-refractivity contribution in [1.29, 1.82) is 0 Å². The van der Waals surface area contributed by atoms with Crippen LogP contribution in [0.5, 0.6) is 5.75 Å². The van der Waals surface area contributed by atoms with Gasteiger partial charge in [-0.05, 0) is 32.0 Å². The van der Waals surface area contributed by atoms with Crippen LogP contribution in [0, 0.1) is 0 Å². The van der Waals surface area contributed by atoms with Gasteiger partial charge in [-0.15, -0.1) is 12.6 Å². The molecule has 1 atom stereocenters. The lowest BCUT2D eigenvalue weighted by Gasteiger charge is -2.10. The molecule has 0 fully saturated rings. The number of ether oxygens (including phenoxy) is 1. The molecule has 0 radical (unpaired) electrons. The molecular formula is C11H13BrO2S. The Morgan fingerprint density at radius 1 is 1.60 bits per heavy atom. The summed E-state index contributed by atoms with van der Waals surface area (Å²) in [5.74, 6) is 0.619. The van der Waals surface area contributed by atoms with Crippen LogP contribution in [0.15, 0.2) is 23.1 Å². The van der Waals surface area contributed by atoms with Crippen LogP contribution >= 0.6 is 28.6 Å². The molecule has 0 saturated heterocycles. The van der Waals surface area contributed by atoms with Crippen molar-refractivity contribution < 1.29 is 9.53 Å². The molecule has 0 bridgehead atoms. The molecule has 0 amide bonds. The summed E-state index contributed by atoms with van der Waals surface area (Å²) in [6, 6.07) is 5.29. The number of carbonyl (C=O) groups is 1. The SMILES string of the molecule is CCOc1cc(S)ccc1C(=O)C(C)Br. The van der Waals surface area contributed by atoms with Crippen molar-refractivity contribution in [3.05, 3.63) is 23.8 Å². The Balaban J connectivity index is 3.10.